The molecule has 0 spiro atoms. The van der Waals surface area contributed by atoms with Crippen molar-refractivity contribution in [3.05, 3.63) is 83.2 Å². The van der Waals surface area contributed by atoms with Crippen molar-refractivity contribution in [2.45, 2.75) is 50.7 Å². The van der Waals surface area contributed by atoms with Gasteiger partial charge in [0.25, 0.3) is 0 Å². The molecule has 3 aromatic carbocycles. The second kappa shape index (κ2) is 11.2. The molecule has 2 aliphatic rings. The average molecular weight is 518 g/mol. The molecule has 5 nitrogen and oxygen atoms in total. The number of benzene rings is 3. The average Bonchev–Trinajstić information content (AvgIpc) is 3.82. The summed E-state index contributed by atoms with van der Waals surface area (Å²) in [6, 6.07) is 19.0. The first-order chi connectivity index (χ1) is 18.3. The van der Waals surface area contributed by atoms with Crippen LogP contribution in [0.15, 0.2) is 60.7 Å². The molecule has 0 radical (unpaired) electrons. The van der Waals surface area contributed by atoms with Gasteiger partial charge in [-0.2, -0.15) is 0 Å². The molecule has 38 heavy (non-hydrogen) atoms. The first-order valence-corrected chi connectivity index (χ1v) is 13.4. The van der Waals surface area contributed by atoms with E-state index in [4.69, 9.17) is 9.47 Å². The van der Waals surface area contributed by atoms with Crippen molar-refractivity contribution in [2.24, 2.45) is 11.8 Å². The Labute approximate surface area is 224 Å². The lowest BCUT2D eigenvalue weighted by molar-refractivity contribution is -0.137. The van der Waals surface area contributed by atoms with Crippen LogP contribution in [-0.2, 0) is 11.4 Å². The number of aliphatic carboxylic acids is 1. The molecule has 6 heteroatoms. The highest BCUT2D eigenvalue weighted by Crippen LogP contribution is 2.47. The summed E-state index contributed by atoms with van der Waals surface area (Å²) in [5.41, 5.74) is 4.54. The van der Waals surface area contributed by atoms with Gasteiger partial charge in [0.1, 0.15) is 23.9 Å². The zero-order valence-corrected chi connectivity index (χ0v) is 22.3. The van der Waals surface area contributed by atoms with Crippen LogP contribution < -0.4 is 9.47 Å². The van der Waals surface area contributed by atoms with Crippen molar-refractivity contribution in [3.8, 4) is 22.6 Å². The SMILES string of the molecule is COc1ccc(F)c(-c2ccc(COc3cccc([C@H](CC(=O)O)C4CC4)c3)cc2C(C2CC2)N(C)C)c1. The zero-order chi connectivity index (χ0) is 26.8. The van der Waals surface area contributed by atoms with Crippen LogP contribution in [0.5, 0.6) is 11.5 Å². The summed E-state index contributed by atoms with van der Waals surface area (Å²) in [5, 5.41) is 9.38. The molecular weight excluding hydrogens is 481 g/mol. The Morgan fingerprint density at radius 3 is 2.39 bits per heavy atom. The van der Waals surface area contributed by atoms with Crippen LogP contribution >= 0.6 is 0 Å². The summed E-state index contributed by atoms with van der Waals surface area (Å²) < 4.78 is 26.6. The first-order valence-electron chi connectivity index (χ1n) is 13.4. The Hall–Kier alpha value is -3.38. The molecule has 1 N–H and O–H groups in total. The monoisotopic (exact) mass is 517 g/mol. The Morgan fingerprint density at radius 1 is 0.974 bits per heavy atom. The summed E-state index contributed by atoms with van der Waals surface area (Å²) in [5.74, 6) is 1.33. The van der Waals surface area contributed by atoms with E-state index in [0.29, 0.717) is 29.8 Å². The molecule has 2 aliphatic carbocycles. The van der Waals surface area contributed by atoms with Crippen molar-refractivity contribution in [1.82, 2.24) is 4.90 Å². The molecule has 3 aromatic rings. The number of hydrogen-bond acceptors (Lipinski definition) is 4. The maximum absolute atomic E-state index is 15.0. The van der Waals surface area contributed by atoms with Gasteiger partial charge in [-0.25, -0.2) is 4.39 Å². The Balaban J connectivity index is 1.43. The van der Waals surface area contributed by atoms with E-state index in [2.05, 4.69) is 25.1 Å². The fraction of sp³-hybridized carbons (Fsp3) is 0.406. The molecule has 0 aliphatic heterocycles. The fourth-order valence-electron chi connectivity index (χ4n) is 5.64. The molecule has 200 valence electrons. The van der Waals surface area contributed by atoms with E-state index in [1.807, 2.05) is 36.4 Å². The van der Waals surface area contributed by atoms with Crippen LogP contribution in [0.2, 0.25) is 0 Å². The van der Waals surface area contributed by atoms with Crippen molar-refractivity contribution < 1.29 is 23.8 Å². The van der Waals surface area contributed by atoms with Crippen LogP contribution in [-0.4, -0.2) is 37.2 Å². The normalized spacial score (nSPS) is 16.8. The quantitative estimate of drug-likeness (QED) is 0.279. The first kappa shape index (κ1) is 26.2. The number of ether oxygens (including phenoxy) is 2. The molecule has 0 heterocycles. The molecule has 2 atom stereocenters. The van der Waals surface area contributed by atoms with Gasteiger partial charge in [-0.1, -0.05) is 30.3 Å². The smallest absolute Gasteiger partial charge is 0.303 e. The van der Waals surface area contributed by atoms with Gasteiger partial charge in [0.05, 0.1) is 13.5 Å². The molecule has 2 saturated carbocycles. The van der Waals surface area contributed by atoms with Gasteiger partial charge in [0.2, 0.25) is 0 Å². The predicted octanol–water partition coefficient (Wildman–Crippen LogP) is 7.06. The maximum atomic E-state index is 15.0. The van der Waals surface area contributed by atoms with Crippen LogP contribution in [0.4, 0.5) is 4.39 Å². The zero-order valence-electron chi connectivity index (χ0n) is 22.3. The molecule has 0 aromatic heterocycles. The maximum Gasteiger partial charge on any atom is 0.303 e. The topological polar surface area (TPSA) is 59.0 Å². The van der Waals surface area contributed by atoms with E-state index in [0.717, 1.165) is 53.7 Å². The highest BCUT2D eigenvalue weighted by molar-refractivity contribution is 5.71. The highest BCUT2D eigenvalue weighted by atomic mass is 19.1. The van der Waals surface area contributed by atoms with E-state index >= 15 is 4.39 Å². The van der Waals surface area contributed by atoms with Crippen molar-refractivity contribution in [2.75, 3.05) is 21.2 Å². The Bertz CT molecular complexity index is 1300. The summed E-state index contributed by atoms with van der Waals surface area (Å²) in [6.45, 7) is 0.370. The van der Waals surface area contributed by atoms with Crippen molar-refractivity contribution in [3.63, 3.8) is 0 Å². The number of carbonyl (C=O) groups is 1. The minimum absolute atomic E-state index is 0.0269. The minimum atomic E-state index is -0.764. The van der Waals surface area contributed by atoms with Crippen LogP contribution in [0, 0.1) is 17.7 Å². The second-order valence-electron chi connectivity index (χ2n) is 10.9. The van der Waals surface area contributed by atoms with Gasteiger partial charge < -0.3 is 19.5 Å². The van der Waals surface area contributed by atoms with Crippen LogP contribution in [0.3, 0.4) is 0 Å². The third-order valence-electron chi connectivity index (χ3n) is 7.80. The van der Waals surface area contributed by atoms with Crippen LogP contribution in [0.1, 0.15) is 60.8 Å². The lowest BCUT2D eigenvalue weighted by Crippen LogP contribution is -2.22. The summed E-state index contributed by atoms with van der Waals surface area (Å²) >= 11 is 0. The molecule has 0 bridgehead atoms. The molecule has 5 rings (SSSR count). The van der Waals surface area contributed by atoms with E-state index in [9.17, 15) is 9.90 Å². The van der Waals surface area contributed by atoms with E-state index in [1.54, 1.807) is 19.2 Å². The molecular formula is C32H36FNO4. The number of methoxy groups -OCH3 is 1. The Kier molecular flexibility index (Phi) is 7.70. The molecule has 2 fully saturated rings. The predicted molar refractivity (Wildman–Crippen MR) is 146 cm³/mol. The fourth-order valence-corrected chi connectivity index (χ4v) is 5.64. The number of halogens is 1. The lowest BCUT2D eigenvalue weighted by Gasteiger charge is -2.28. The van der Waals surface area contributed by atoms with E-state index in [1.165, 1.54) is 6.07 Å². The van der Waals surface area contributed by atoms with Gasteiger partial charge in [-0.15, -0.1) is 0 Å². The third-order valence-corrected chi connectivity index (χ3v) is 7.80. The summed E-state index contributed by atoms with van der Waals surface area (Å²) in [7, 11) is 5.75. The van der Waals surface area contributed by atoms with E-state index < -0.39 is 5.97 Å². The summed E-state index contributed by atoms with van der Waals surface area (Å²) in [4.78, 5) is 13.6. The molecule has 1 unspecified atom stereocenters. The second-order valence-corrected chi connectivity index (χ2v) is 10.9. The lowest BCUT2D eigenvalue weighted by atomic mass is 9.90. The largest absolute Gasteiger partial charge is 0.497 e. The van der Waals surface area contributed by atoms with Gasteiger partial charge in [-0.05, 0) is 110 Å². The number of carboxylic acid groups (broad SMARTS) is 1. The van der Waals surface area contributed by atoms with E-state index in [-0.39, 0.29) is 24.2 Å². The molecule has 0 amide bonds. The van der Waals surface area contributed by atoms with Crippen molar-refractivity contribution >= 4 is 5.97 Å². The Morgan fingerprint density at radius 2 is 1.74 bits per heavy atom. The third kappa shape index (κ3) is 6.02. The minimum Gasteiger partial charge on any atom is -0.497 e. The summed E-state index contributed by atoms with van der Waals surface area (Å²) in [6.07, 6.45) is 4.64. The molecule has 0 saturated heterocycles. The van der Waals surface area contributed by atoms with Crippen molar-refractivity contribution in [1.29, 1.82) is 0 Å². The van der Waals surface area contributed by atoms with Gasteiger partial charge in [-0.3, -0.25) is 4.79 Å². The highest BCUT2D eigenvalue weighted by Gasteiger charge is 2.36. The van der Waals surface area contributed by atoms with Gasteiger partial charge in [0, 0.05) is 11.6 Å². The number of hydrogen-bond donors (Lipinski definition) is 1. The number of rotatable bonds is 12. The van der Waals surface area contributed by atoms with Gasteiger partial charge >= 0.3 is 5.97 Å². The standard InChI is InChI=1S/C32H36FNO4/c1-34(2)32(22-10-11-22)29-15-20(7-13-26(29)28-17-24(37-3)12-14-30(28)33)19-38-25-6-4-5-23(16-25)27(18-31(35)36)21-8-9-21/h4-7,12-17,21-22,27,32H,8-11,18-19H2,1-3H3,(H,35,36)/t27-,32?/m1/s1. The number of nitrogens with zero attached hydrogens (tertiary/aromatic N) is 1. The van der Waals surface area contributed by atoms with Gasteiger partial charge in [0.15, 0.2) is 0 Å². The number of carboxylic acids is 1. The van der Waals surface area contributed by atoms with Crippen LogP contribution in [0.25, 0.3) is 11.1 Å².